The van der Waals surface area contributed by atoms with Gasteiger partial charge in [0.25, 0.3) is 0 Å². The number of rotatable bonds is 3. The van der Waals surface area contributed by atoms with Crippen molar-refractivity contribution in [2.45, 2.75) is 6.54 Å². The van der Waals surface area contributed by atoms with Crippen molar-refractivity contribution in [2.24, 2.45) is 5.73 Å². The summed E-state index contributed by atoms with van der Waals surface area (Å²) in [5.41, 5.74) is 7.75. The van der Waals surface area contributed by atoms with E-state index in [0.29, 0.717) is 18.0 Å². The number of nitrogens with two attached hydrogens (primary N) is 1. The molecule has 0 aliphatic rings. The summed E-state index contributed by atoms with van der Waals surface area (Å²) in [6.45, 7) is 0.438. The number of aromatic nitrogens is 4. The monoisotopic (exact) mass is 256 g/mol. The van der Waals surface area contributed by atoms with Gasteiger partial charge in [-0.15, -0.1) is 0 Å². The van der Waals surface area contributed by atoms with Crippen molar-refractivity contribution >= 4 is 17.2 Å². The van der Waals surface area contributed by atoms with Crippen molar-refractivity contribution in [3.05, 3.63) is 52.7 Å². The van der Waals surface area contributed by atoms with Crippen molar-refractivity contribution in [2.75, 3.05) is 5.32 Å². The second-order valence-electron chi connectivity index (χ2n) is 4.02. The van der Waals surface area contributed by atoms with Gasteiger partial charge in [-0.3, -0.25) is 0 Å². The van der Waals surface area contributed by atoms with Crippen LogP contribution in [0.3, 0.4) is 0 Å². The van der Waals surface area contributed by atoms with Gasteiger partial charge in [0.2, 0.25) is 0 Å². The SMILES string of the molecule is NCc1ccccc1Nc1cc2n[nH]c(=O)n2cn1. The summed E-state index contributed by atoms with van der Waals surface area (Å²) in [6.07, 6.45) is 1.43. The Kier molecular flexibility index (Phi) is 2.73. The molecule has 0 unspecified atom stereocenters. The zero-order valence-corrected chi connectivity index (χ0v) is 10.00. The molecule has 0 bridgehead atoms. The number of aromatic amines is 1. The van der Waals surface area contributed by atoms with Crippen LogP contribution in [0.5, 0.6) is 0 Å². The molecule has 2 heterocycles. The first-order valence-corrected chi connectivity index (χ1v) is 5.76. The molecule has 0 aliphatic heterocycles. The molecule has 19 heavy (non-hydrogen) atoms. The molecule has 7 heteroatoms. The standard InChI is InChI=1S/C12H12N6O/c13-6-8-3-1-2-4-9(8)15-10-5-11-16-17-12(19)18(11)7-14-10/h1-5,7,15H,6,13H2,(H,17,19). The molecule has 3 rings (SSSR count). The lowest BCUT2D eigenvalue weighted by Crippen LogP contribution is -2.10. The second-order valence-corrected chi connectivity index (χ2v) is 4.02. The van der Waals surface area contributed by atoms with E-state index in [4.69, 9.17) is 5.73 Å². The molecule has 2 aromatic heterocycles. The van der Waals surface area contributed by atoms with E-state index in [1.54, 1.807) is 6.07 Å². The lowest BCUT2D eigenvalue weighted by atomic mass is 10.2. The Labute approximate surface area is 108 Å². The molecule has 0 radical (unpaired) electrons. The fraction of sp³-hybridized carbons (Fsp3) is 0.0833. The minimum absolute atomic E-state index is 0.309. The van der Waals surface area contributed by atoms with Crippen LogP contribution in [0.1, 0.15) is 5.56 Å². The molecule has 3 aromatic rings. The normalized spacial score (nSPS) is 10.8. The summed E-state index contributed by atoms with van der Waals surface area (Å²) < 4.78 is 1.33. The first kappa shape index (κ1) is 11.4. The summed E-state index contributed by atoms with van der Waals surface area (Å²) >= 11 is 0. The molecule has 0 atom stereocenters. The van der Waals surface area contributed by atoms with Crippen LogP contribution in [-0.4, -0.2) is 19.6 Å². The van der Waals surface area contributed by atoms with E-state index >= 15 is 0 Å². The molecule has 96 valence electrons. The van der Waals surface area contributed by atoms with Gasteiger partial charge < -0.3 is 11.1 Å². The Hall–Kier alpha value is -2.67. The van der Waals surface area contributed by atoms with Crippen LogP contribution < -0.4 is 16.7 Å². The molecule has 1 aromatic carbocycles. The van der Waals surface area contributed by atoms with Crippen molar-refractivity contribution in [3.8, 4) is 0 Å². The van der Waals surface area contributed by atoms with Crippen LogP contribution in [0.15, 0.2) is 41.5 Å². The quantitative estimate of drug-likeness (QED) is 0.637. The molecule has 0 fully saturated rings. The van der Waals surface area contributed by atoms with Crippen molar-refractivity contribution in [1.82, 2.24) is 19.6 Å². The molecular weight excluding hydrogens is 244 g/mol. The predicted octanol–water partition coefficient (Wildman–Crippen LogP) is 0.620. The van der Waals surface area contributed by atoms with E-state index in [9.17, 15) is 4.79 Å². The zero-order chi connectivity index (χ0) is 13.2. The van der Waals surface area contributed by atoms with Gasteiger partial charge in [-0.2, -0.15) is 5.10 Å². The van der Waals surface area contributed by atoms with Gasteiger partial charge in [0, 0.05) is 18.3 Å². The maximum absolute atomic E-state index is 11.3. The molecule has 0 aliphatic carbocycles. The largest absolute Gasteiger partial charge is 0.348 e. The second kappa shape index (κ2) is 4.54. The summed E-state index contributed by atoms with van der Waals surface area (Å²) in [6, 6.07) is 9.40. The lowest BCUT2D eigenvalue weighted by Gasteiger charge is -2.09. The number of H-pyrrole nitrogens is 1. The number of fused-ring (bicyclic) bond motifs is 1. The van der Waals surface area contributed by atoms with Gasteiger partial charge in [0.15, 0.2) is 5.65 Å². The van der Waals surface area contributed by atoms with Crippen molar-refractivity contribution in [1.29, 1.82) is 0 Å². The van der Waals surface area contributed by atoms with Gasteiger partial charge in [-0.1, -0.05) is 18.2 Å². The molecule has 4 N–H and O–H groups in total. The Bertz CT molecular complexity index is 775. The van der Waals surface area contributed by atoms with E-state index in [1.807, 2.05) is 24.3 Å². The van der Waals surface area contributed by atoms with Gasteiger partial charge in [-0.25, -0.2) is 19.3 Å². The molecule has 0 amide bonds. The Morgan fingerprint density at radius 3 is 3.05 bits per heavy atom. The number of benzene rings is 1. The number of hydrogen-bond acceptors (Lipinski definition) is 5. The first-order valence-electron chi connectivity index (χ1n) is 5.76. The van der Waals surface area contributed by atoms with Gasteiger partial charge in [0.1, 0.15) is 12.1 Å². The van der Waals surface area contributed by atoms with Gasteiger partial charge >= 0.3 is 5.69 Å². The van der Waals surface area contributed by atoms with Gasteiger partial charge in [-0.05, 0) is 11.6 Å². The minimum atomic E-state index is -0.309. The zero-order valence-electron chi connectivity index (χ0n) is 10.00. The highest BCUT2D eigenvalue weighted by atomic mass is 16.1. The number of anilines is 2. The minimum Gasteiger partial charge on any atom is -0.340 e. The fourth-order valence-electron chi connectivity index (χ4n) is 1.84. The summed E-state index contributed by atoms with van der Waals surface area (Å²) in [4.78, 5) is 15.5. The number of nitrogens with one attached hydrogen (secondary N) is 2. The predicted molar refractivity (Wildman–Crippen MR) is 71.2 cm³/mol. The number of para-hydroxylation sites is 1. The van der Waals surface area contributed by atoms with E-state index in [2.05, 4.69) is 20.5 Å². The van der Waals surface area contributed by atoms with Crippen molar-refractivity contribution in [3.63, 3.8) is 0 Å². The smallest absolute Gasteiger partial charge is 0.340 e. The molecule has 0 saturated heterocycles. The van der Waals surface area contributed by atoms with Crippen LogP contribution in [0.25, 0.3) is 5.65 Å². The molecule has 0 spiro atoms. The Morgan fingerprint density at radius 1 is 1.37 bits per heavy atom. The highest BCUT2D eigenvalue weighted by Gasteiger charge is 2.04. The number of hydrogen-bond donors (Lipinski definition) is 3. The third kappa shape index (κ3) is 2.06. The maximum atomic E-state index is 11.3. The van der Waals surface area contributed by atoms with Crippen LogP contribution in [0.4, 0.5) is 11.5 Å². The first-order chi connectivity index (χ1) is 9.28. The van der Waals surface area contributed by atoms with E-state index in [-0.39, 0.29) is 5.69 Å². The third-order valence-corrected chi connectivity index (χ3v) is 2.81. The highest BCUT2D eigenvalue weighted by molar-refractivity contribution is 5.62. The fourth-order valence-corrected chi connectivity index (χ4v) is 1.84. The average molecular weight is 256 g/mol. The topological polar surface area (TPSA) is 101 Å². The molecule has 0 saturated carbocycles. The van der Waals surface area contributed by atoms with E-state index in [0.717, 1.165) is 11.3 Å². The van der Waals surface area contributed by atoms with Crippen LogP contribution >= 0.6 is 0 Å². The molecular formula is C12H12N6O. The highest BCUT2D eigenvalue weighted by Crippen LogP contribution is 2.19. The summed E-state index contributed by atoms with van der Waals surface area (Å²) in [5.74, 6) is 0.604. The van der Waals surface area contributed by atoms with Crippen LogP contribution in [0, 0.1) is 0 Å². The van der Waals surface area contributed by atoms with E-state index < -0.39 is 0 Å². The number of nitrogens with zero attached hydrogens (tertiary/aromatic N) is 3. The summed E-state index contributed by atoms with van der Waals surface area (Å²) in [7, 11) is 0. The van der Waals surface area contributed by atoms with Crippen LogP contribution in [-0.2, 0) is 6.54 Å². The maximum Gasteiger partial charge on any atom is 0.348 e. The molecule has 7 nitrogen and oxygen atoms in total. The van der Waals surface area contributed by atoms with Gasteiger partial charge in [0.05, 0.1) is 0 Å². The van der Waals surface area contributed by atoms with Crippen molar-refractivity contribution < 1.29 is 0 Å². The van der Waals surface area contributed by atoms with Crippen LogP contribution in [0.2, 0.25) is 0 Å². The summed E-state index contributed by atoms with van der Waals surface area (Å²) in [5, 5.41) is 9.41. The third-order valence-electron chi connectivity index (χ3n) is 2.81. The van der Waals surface area contributed by atoms with E-state index in [1.165, 1.54) is 10.7 Å². The lowest BCUT2D eigenvalue weighted by molar-refractivity contribution is 0.997. The Morgan fingerprint density at radius 2 is 2.21 bits per heavy atom. The average Bonchev–Trinajstić information content (AvgIpc) is 2.81. The Balaban J connectivity index is 1.99.